The number of likely N-dealkylation sites (N-methyl/N-ethyl adjacent to an activating group) is 1. The average molecular weight is 173 g/mol. The summed E-state index contributed by atoms with van der Waals surface area (Å²) in [7, 11) is 1.74. The Morgan fingerprint density at radius 2 is 2.00 bits per heavy atom. The van der Waals surface area contributed by atoms with Gasteiger partial charge in [0.25, 0.3) is 0 Å². The lowest BCUT2D eigenvalue weighted by Crippen LogP contribution is -2.44. The molecule has 0 aromatic carbocycles. The molecular formula is C8H19N3O. The maximum absolute atomic E-state index is 11.2. The Labute approximate surface area is 74.1 Å². The van der Waals surface area contributed by atoms with Crippen LogP contribution in [0.15, 0.2) is 0 Å². The minimum Gasteiger partial charge on any atom is -0.336 e. The van der Waals surface area contributed by atoms with Crippen molar-refractivity contribution in [2.45, 2.75) is 32.9 Å². The molecule has 0 saturated heterocycles. The van der Waals surface area contributed by atoms with Crippen molar-refractivity contribution in [3.8, 4) is 0 Å². The van der Waals surface area contributed by atoms with Crippen LogP contribution in [0.3, 0.4) is 0 Å². The van der Waals surface area contributed by atoms with Gasteiger partial charge in [-0.05, 0) is 20.8 Å². The summed E-state index contributed by atoms with van der Waals surface area (Å²) < 4.78 is 0. The van der Waals surface area contributed by atoms with Crippen LogP contribution in [0, 0.1) is 0 Å². The second-order valence-corrected chi connectivity index (χ2v) is 3.46. The van der Waals surface area contributed by atoms with Crippen molar-refractivity contribution in [2.24, 2.45) is 5.73 Å². The number of nitrogens with two attached hydrogens (primary N) is 1. The zero-order valence-electron chi connectivity index (χ0n) is 8.29. The maximum atomic E-state index is 11.2. The molecule has 0 aromatic rings. The number of urea groups is 1. The Morgan fingerprint density at radius 3 is 2.33 bits per heavy atom. The fourth-order valence-corrected chi connectivity index (χ4v) is 0.872. The van der Waals surface area contributed by atoms with E-state index in [2.05, 4.69) is 5.32 Å². The van der Waals surface area contributed by atoms with E-state index in [1.54, 1.807) is 11.9 Å². The van der Waals surface area contributed by atoms with Gasteiger partial charge >= 0.3 is 6.03 Å². The normalized spacial score (nSPS) is 12.8. The van der Waals surface area contributed by atoms with Crippen LogP contribution < -0.4 is 11.1 Å². The Kier molecular flexibility index (Phi) is 4.66. The standard InChI is InChI=1S/C8H19N3O/c1-6(2)10-8(12)11(4)5-7(3)9/h6-7H,5,9H2,1-4H3,(H,10,12). The van der Waals surface area contributed by atoms with Gasteiger partial charge in [0.1, 0.15) is 0 Å². The van der Waals surface area contributed by atoms with Gasteiger partial charge in [0.05, 0.1) is 0 Å². The largest absolute Gasteiger partial charge is 0.336 e. The van der Waals surface area contributed by atoms with E-state index in [0.29, 0.717) is 6.54 Å². The fraction of sp³-hybridized carbons (Fsp3) is 0.875. The quantitative estimate of drug-likeness (QED) is 0.648. The summed E-state index contributed by atoms with van der Waals surface area (Å²) in [4.78, 5) is 12.8. The first-order chi connectivity index (χ1) is 5.43. The molecule has 0 bridgehead atoms. The highest BCUT2D eigenvalue weighted by Crippen LogP contribution is 1.88. The molecule has 2 amide bonds. The summed E-state index contributed by atoms with van der Waals surface area (Å²) >= 11 is 0. The lowest BCUT2D eigenvalue weighted by Gasteiger charge is -2.21. The smallest absolute Gasteiger partial charge is 0.317 e. The molecular weight excluding hydrogens is 154 g/mol. The summed E-state index contributed by atoms with van der Waals surface area (Å²) in [5.41, 5.74) is 5.54. The molecule has 72 valence electrons. The summed E-state index contributed by atoms with van der Waals surface area (Å²) in [6, 6.07) is 0.128. The van der Waals surface area contributed by atoms with Gasteiger partial charge in [-0.2, -0.15) is 0 Å². The van der Waals surface area contributed by atoms with Crippen molar-refractivity contribution >= 4 is 6.03 Å². The summed E-state index contributed by atoms with van der Waals surface area (Å²) in [6.07, 6.45) is 0. The Balaban J connectivity index is 3.77. The first-order valence-corrected chi connectivity index (χ1v) is 4.20. The van der Waals surface area contributed by atoms with Crippen LogP contribution in [0.25, 0.3) is 0 Å². The molecule has 4 heteroatoms. The summed E-state index contributed by atoms with van der Waals surface area (Å²) in [5.74, 6) is 0. The van der Waals surface area contributed by atoms with Gasteiger partial charge in [0.2, 0.25) is 0 Å². The van der Waals surface area contributed by atoms with E-state index in [-0.39, 0.29) is 18.1 Å². The molecule has 0 aliphatic rings. The highest BCUT2D eigenvalue weighted by molar-refractivity contribution is 5.74. The van der Waals surface area contributed by atoms with E-state index in [0.717, 1.165) is 0 Å². The molecule has 0 fully saturated rings. The Morgan fingerprint density at radius 1 is 1.50 bits per heavy atom. The number of carbonyl (C=O) groups is 1. The van der Waals surface area contributed by atoms with E-state index in [4.69, 9.17) is 5.73 Å². The van der Waals surface area contributed by atoms with E-state index in [9.17, 15) is 4.79 Å². The molecule has 3 N–H and O–H groups in total. The maximum Gasteiger partial charge on any atom is 0.317 e. The van der Waals surface area contributed by atoms with Crippen molar-refractivity contribution in [2.75, 3.05) is 13.6 Å². The monoisotopic (exact) mass is 173 g/mol. The predicted octanol–water partition coefficient (Wildman–Crippen LogP) is 0.383. The molecule has 0 aliphatic heterocycles. The van der Waals surface area contributed by atoms with Crippen molar-refractivity contribution in [1.29, 1.82) is 0 Å². The van der Waals surface area contributed by atoms with Gasteiger partial charge in [-0.15, -0.1) is 0 Å². The molecule has 0 radical (unpaired) electrons. The molecule has 0 aromatic heterocycles. The molecule has 4 nitrogen and oxygen atoms in total. The van der Waals surface area contributed by atoms with E-state index in [1.165, 1.54) is 0 Å². The van der Waals surface area contributed by atoms with Crippen LogP contribution >= 0.6 is 0 Å². The molecule has 12 heavy (non-hydrogen) atoms. The van der Waals surface area contributed by atoms with Gasteiger partial charge in [-0.25, -0.2) is 4.79 Å². The van der Waals surface area contributed by atoms with Gasteiger partial charge in [-0.3, -0.25) is 0 Å². The minimum atomic E-state index is -0.0673. The van der Waals surface area contributed by atoms with Crippen molar-refractivity contribution < 1.29 is 4.79 Å². The lowest BCUT2D eigenvalue weighted by molar-refractivity contribution is 0.204. The average Bonchev–Trinajstić information content (AvgIpc) is 1.84. The summed E-state index contributed by atoms with van der Waals surface area (Å²) in [5, 5.41) is 2.78. The number of nitrogens with zero attached hydrogens (tertiary/aromatic N) is 1. The van der Waals surface area contributed by atoms with Gasteiger partial charge < -0.3 is 16.0 Å². The van der Waals surface area contributed by atoms with E-state index < -0.39 is 0 Å². The second-order valence-electron chi connectivity index (χ2n) is 3.46. The van der Waals surface area contributed by atoms with E-state index >= 15 is 0 Å². The highest BCUT2D eigenvalue weighted by Gasteiger charge is 2.09. The third kappa shape index (κ3) is 4.96. The Bertz CT molecular complexity index is 145. The van der Waals surface area contributed by atoms with Gasteiger partial charge in [0, 0.05) is 25.7 Å². The van der Waals surface area contributed by atoms with Crippen molar-refractivity contribution in [1.82, 2.24) is 10.2 Å². The molecule has 0 rings (SSSR count). The van der Waals surface area contributed by atoms with Crippen LogP contribution in [0.2, 0.25) is 0 Å². The number of amides is 2. The molecule has 0 saturated carbocycles. The number of carbonyl (C=O) groups excluding carboxylic acids is 1. The molecule has 0 spiro atoms. The summed E-state index contributed by atoms with van der Waals surface area (Å²) in [6.45, 7) is 6.31. The zero-order valence-corrected chi connectivity index (χ0v) is 8.29. The molecule has 1 atom stereocenters. The number of hydrogen-bond donors (Lipinski definition) is 2. The topological polar surface area (TPSA) is 58.4 Å². The van der Waals surface area contributed by atoms with Crippen LogP contribution in [0.5, 0.6) is 0 Å². The zero-order chi connectivity index (χ0) is 9.72. The second kappa shape index (κ2) is 4.98. The SMILES string of the molecule is CC(N)CN(C)C(=O)NC(C)C. The number of nitrogens with one attached hydrogen (secondary N) is 1. The minimum absolute atomic E-state index is 0.0212. The Hall–Kier alpha value is -0.770. The number of rotatable bonds is 3. The van der Waals surface area contributed by atoms with Gasteiger partial charge in [-0.1, -0.05) is 0 Å². The first kappa shape index (κ1) is 11.2. The third-order valence-corrected chi connectivity index (χ3v) is 1.32. The molecule has 0 heterocycles. The van der Waals surface area contributed by atoms with Crippen LogP contribution in [-0.4, -0.2) is 36.6 Å². The van der Waals surface area contributed by atoms with Crippen LogP contribution in [0.1, 0.15) is 20.8 Å². The first-order valence-electron chi connectivity index (χ1n) is 4.20. The lowest BCUT2D eigenvalue weighted by atomic mass is 10.3. The third-order valence-electron chi connectivity index (χ3n) is 1.32. The van der Waals surface area contributed by atoms with E-state index in [1.807, 2.05) is 20.8 Å². The van der Waals surface area contributed by atoms with Crippen LogP contribution in [0.4, 0.5) is 4.79 Å². The van der Waals surface area contributed by atoms with Gasteiger partial charge in [0.15, 0.2) is 0 Å². The van der Waals surface area contributed by atoms with Crippen molar-refractivity contribution in [3.05, 3.63) is 0 Å². The predicted molar refractivity (Wildman–Crippen MR) is 49.9 cm³/mol. The fourth-order valence-electron chi connectivity index (χ4n) is 0.872. The van der Waals surface area contributed by atoms with Crippen molar-refractivity contribution in [3.63, 3.8) is 0 Å². The van der Waals surface area contributed by atoms with Crippen LogP contribution in [-0.2, 0) is 0 Å². The number of hydrogen-bond acceptors (Lipinski definition) is 2. The molecule has 0 aliphatic carbocycles. The molecule has 1 unspecified atom stereocenters. The highest BCUT2D eigenvalue weighted by atomic mass is 16.2.